The maximum Gasteiger partial charge on any atom is 0.503 e. The van der Waals surface area contributed by atoms with Crippen LogP contribution in [0.5, 0.6) is 5.75 Å². The van der Waals surface area contributed by atoms with Crippen molar-refractivity contribution in [1.29, 1.82) is 0 Å². The van der Waals surface area contributed by atoms with Crippen LogP contribution >= 0.6 is 0 Å². The molecule has 0 unspecified atom stereocenters. The van der Waals surface area contributed by atoms with Crippen LogP contribution in [0.2, 0.25) is 0 Å². The van der Waals surface area contributed by atoms with Gasteiger partial charge < -0.3 is 15.3 Å². The summed E-state index contributed by atoms with van der Waals surface area (Å²) in [6, 6.07) is 9.40. The first-order valence-electron chi connectivity index (χ1n) is 6.77. The summed E-state index contributed by atoms with van der Waals surface area (Å²) in [5, 5.41) is 24.3. The summed E-state index contributed by atoms with van der Waals surface area (Å²) in [5.41, 5.74) is 3.40. The molecule has 1 aromatic heterocycles. The zero-order valence-electron chi connectivity index (χ0n) is 11.5. The van der Waals surface area contributed by atoms with E-state index in [2.05, 4.69) is 17.1 Å². The highest BCUT2D eigenvalue weighted by Gasteiger charge is 2.08. The Bertz CT molecular complexity index is 675. The number of carbonyl (C=O) groups is 1. The number of allylic oxidation sites excluding steroid dienone is 2. The van der Waals surface area contributed by atoms with E-state index >= 15 is 0 Å². The number of phenolic OH excluding ortho intramolecular Hbond substituents is 1. The number of aromatic nitrogens is 1. The number of fused-ring (bicyclic) bond motifs is 1. The monoisotopic (exact) mass is 287 g/mol. The Kier molecular flexibility index (Phi) is 4.77. The minimum Gasteiger partial charge on any atom is -0.508 e. The Hall–Kier alpha value is -2.56. The van der Waals surface area contributed by atoms with E-state index in [0.29, 0.717) is 5.75 Å². The van der Waals surface area contributed by atoms with E-state index in [4.69, 9.17) is 15.0 Å². The van der Waals surface area contributed by atoms with Gasteiger partial charge in [0.2, 0.25) is 0 Å². The zero-order chi connectivity index (χ0) is 15.2. The summed E-state index contributed by atoms with van der Waals surface area (Å²) in [7, 11) is 0. The van der Waals surface area contributed by atoms with Gasteiger partial charge in [0.1, 0.15) is 5.75 Å². The predicted octanol–water partition coefficient (Wildman–Crippen LogP) is 4.12. The molecule has 21 heavy (non-hydrogen) atoms. The van der Waals surface area contributed by atoms with E-state index in [1.807, 2.05) is 12.1 Å². The van der Waals surface area contributed by atoms with Gasteiger partial charge in [-0.1, -0.05) is 12.1 Å². The van der Waals surface area contributed by atoms with Crippen LogP contribution in [0.25, 0.3) is 16.5 Å². The maximum absolute atomic E-state index is 9.41. The molecule has 5 nitrogen and oxygen atoms in total. The summed E-state index contributed by atoms with van der Waals surface area (Å²) in [4.78, 5) is 13.2. The molecule has 0 radical (unpaired) electrons. The third-order valence-corrected chi connectivity index (χ3v) is 3.29. The number of benzene rings is 1. The number of rotatable bonds is 1. The smallest absolute Gasteiger partial charge is 0.503 e. The first kappa shape index (κ1) is 14.8. The van der Waals surface area contributed by atoms with E-state index in [0.717, 1.165) is 23.0 Å². The van der Waals surface area contributed by atoms with Gasteiger partial charge in [-0.2, -0.15) is 0 Å². The molecule has 0 fully saturated rings. The predicted molar refractivity (Wildman–Crippen MR) is 80.5 cm³/mol. The molecule has 5 heteroatoms. The number of carboxylic acid groups (broad SMARTS) is 2. The molecule has 0 saturated heterocycles. The van der Waals surface area contributed by atoms with Crippen molar-refractivity contribution in [3.63, 3.8) is 0 Å². The Labute approximate surface area is 122 Å². The van der Waals surface area contributed by atoms with Crippen LogP contribution in [0.15, 0.2) is 36.4 Å². The van der Waals surface area contributed by atoms with Crippen molar-refractivity contribution in [3.05, 3.63) is 42.1 Å². The number of nitrogens with zero attached hydrogens (tertiary/aromatic N) is 1. The third-order valence-electron chi connectivity index (χ3n) is 3.29. The van der Waals surface area contributed by atoms with Crippen molar-refractivity contribution in [2.75, 3.05) is 0 Å². The largest absolute Gasteiger partial charge is 0.508 e. The summed E-state index contributed by atoms with van der Waals surface area (Å²) in [5.74, 6) is 0.295. The van der Waals surface area contributed by atoms with Gasteiger partial charge in [0.15, 0.2) is 0 Å². The summed E-state index contributed by atoms with van der Waals surface area (Å²) in [6.45, 7) is 0. The van der Waals surface area contributed by atoms with Crippen molar-refractivity contribution >= 4 is 22.6 Å². The van der Waals surface area contributed by atoms with Crippen molar-refractivity contribution in [3.8, 4) is 5.75 Å². The first-order valence-corrected chi connectivity index (χ1v) is 6.77. The van der Waals surface area contributed by atoms with E-state index in [-0.39, 0.29) is 0 Å². The van der Waals surface area contributed by atoms with Crippen LogP contribution in [0.3, 0.4) is 0 Å². The van der Waals surface area contributed by atoms with E-state index in [1.54, 1.807) is 12.1 Å². The lowest BCUT2D eigenvalue weighted by Gasteiger charge is -2.12. The van der Waals surface area contributed by atoms with Crippen LogP contribution in [-0.2, 0) is 0 Å². The van der Waals surface area contributed by atoms with Crippen LogP contribution in [0, 0.1) is 0 Å². The summed E-state index contributed by atoms with van der Waals surface area (Å²) in [6.07, 6.45) is 5.34. The molecule has 2 aromatic rings. The SMILES string of the molecule is O=C(O)O.Oc1ccc2nc(C3=CCCCC3)ccc2c1. The highest BCUT2D eigenvalue weighted by Crippen LogP contribution is 2.27. The van der Waals surface area contributed by atoms with Crippen LogP contribution < -0.4 is 0 Å². The molecule has 3 rings (SSSR count). The highest BCUT2D eigenvalue weighted by atomic mass is 16.6. The van der Waals surface area contributed by atoms with Gasteiger partial charge in [-0.25, -0.2) is 9.78 Å². The quantitative estimate of drug-likeness (QED) is 0.734. The lowest BCUT2D eigenvalue weighted by Crippen LogP contribution is -1.94. The Morgan fingerprint density at radius 1 is 1.10 bits per heavy atom. The average Bonchev–Trinajstić information content (AvgIpc) is 2.47. The topological polar surface area (TPSA) is 90.7 Å². The molecule has 3 N–H and O–H groups in total. The number of hydrogen-bond donors (Lipinski definition) is 3. The second kappa shape index (κ2) is 6.74. The number of phenols is 1. The summed E-state index contributed by atoms with van der Waals surface area (Å²) < 4.78 is 0. The first-order chi connectivity index (χ1) is 10.1. The molecule has 1 heterocycles. The van der Waals surface area contributed by atoms with Crippen molar-refractivity contribution in [2.45, 2.75) is 25.7 Å². The average molecular weight is 287 g/mol. The van der Waals surface area contributed by atoms with Crippen molar-refractivity contribution in [1.82, 2.24) is 4.98 Å². The van der Waals surface area contributed by atoms with Crippen LogP contribution in [-0.4, -0.2) is 26.5 Å². The lowest BCUT2D eigenvalue weighted by molar-refractivity contribution is 0.137. The fourth-order valence-corrected chi connectivity index (χ4v) is 2.36. The van der Waals surface area contributed by atoms with Crippen molar-refractivity contribution in [2.24, 2.45) is 0 Å². The van der Waals surface area contributed by atoms with Gasteiger partial charge >= 0.3 is 6.16 Å². The van der Waals surface area contributed by atoms with Gasteiger partial charge in [0.25, 0.3) is 0 Å². The van der Waals surface area contributed by atoms with E-state index in [9.17, 15) is 5.11 Å². The van der Waals surface area contributed by atoms with Gasteiger partial charge in [0, 0.05) is 5.39 Å². The molecule has 1 aromatic carbocycles. The fraction of sp³-hybridized carbons (Fsp3) is 0.250. The van der Waals surface area contributed by atoms with Gasteiger partial charge in [0.05, 0.1) is 11.2 Å². The van der Waals surface area contributed by atoms with Crippen LogP contribution in [0.1, 0.15) is 31.4 Å². The maximum atomic E-state index is 9.41. The minimum atomic E-state index is -1.83. The third kappa shape index (κ3) is 4.21. The summed E-state index contributed by atoms with van der Waals surface area (Å²) >= 11 is 0. The Balaban J connectivity index is 0.000000361. The molecular weight excluding hydrogens is 270 g/mol. The van der Waals surface area contributed by atoms with E-state index in [1.165, 1.54) is 24.8 Å². The lowest BCUT2D eigenvalue weighted by atomic mass is 9.96. The molecule has 1 aliphatic rings. The molecular formula is C16H17NO4. The van der Waals surface area contributed by atoms with Gasteiger partial charge in [-0.15, -0.1) is 0 Å². The minimum absolute atomic E-state index is 0.295. The molecule has 110 valence electrons. The number of pyridine rings is 1. The molecule has 1 aliphatic carbocycles. The number of aromatic hydroxyl groups is 1. The second-order valence-corrected chi connectivity index (χ2v) is 4.83. The second-order valence-electron chi connectivity index (χ2n) is 4.83. The van der Waals surface area contributed by atoms with Gasteiger partial charge in [-0.05, 0) is 55.5 Å². The normalized spacial score (nSPS) is 14.0. The standard InChI is InChI=1S/C15H15NO.CH2O3/c17-13-7-9-15-12(10-13)6-8-14(16-15)11-4-2-1-3-5-11;2-1(3)4/h4,6-10,17H,1-3,5H2;(H2,2,3,4). The fourth-order valence-electron chi connectivity index (χ4n) is 2.36. The zero-order valence-corrected chi connectivity index (χ0v) is 11.5. The molecule has 0 amide bonds. The molecule has 0 aliphatic heterocycles. The van der Waals surface area contributed by atoms with Crippen LogP contribution in [0.4, 0.5) is 4.79 Å². The van der Waals surface area contributed by atoms with Crippen molar-refractivity contribution < 1.29 is 20.1 Å². The van der Waals surface area contributed by atoms with E-state index < -0.39 is 6.16 Å². The molecule has 0 spiro atoms. The Morgan fingerprint density at radius 3 is 2.52 bits per heavy atom. The molecule has 0 atom stereocenters. The Morgan fingerprint density at radius 2 is 1.86 bits per heavy atom. The molecule has 0 bridgehead atoms. The highest BCUT2D eigenvalue weighted by molar-refractivity contribution is 5.82. The van der Waals surface area contributed by atoms with Gasteiger partial charge in [-0.3, -0.25) is 0 Å². The number of hydrogen-bond acceptors (Lipinski definition) is 3. The molecule has 0 saturated carbocycles.